The molecule has 3 aromatic rings. The third-order valence-electron chi connectivity index (χ3n) is 6.50. The maximum atomic E-state index is 12.7. The molecule has 0 unspecified atom stereocenters. The number of amides is 2. The molecule has 2 aliphatic heterocycles. The molecule has 3 aromatic carbocycles. The Balaban J connectivity index is 1.35. The minimum atomic E-state index is -0.453. The molecule has 0 aromatic heterocycles. The average molecular weight is 478 g/mol. The summed E-state index contributed by atoms with van der Waals surface area (Å²) in [4.78, 5) is 27.6. The highest BCUT2D eigenvalue weighted by Gasteiger charge is 2.27. The maximum absolute atomic E-state index is 12.7. The summed E-state index contributed by atoms with van der Waals surface area (Å²) < 4.78 is 0. The number of nitriles is 1. The Hall–Kier alpha value is -4.41. The molecule has 0 spiro atoms. The molecule has 0 saturated carbocycles. The fourth-order valence-corrected chi connectivity index (χ4v) is 4.62. The lowest BCUT2D eigenvalue weighted by Crippen LogP contribution is -2.36. The molecule has 3 N–H and O–H groups in total. The summed E-state index contributed by atoms with van der Waals surface area (Å²) in [7, 11) is 0. The van der Waals surface area contributed by atoms with Gasteiger partial charge in [0.1, 0.15) is 0 Å². The summed E-state index contributed by atoms with van der Waals surface area (Å²) in [5.74, 6) is -0.877. The van der Waals surface area contributed by atoms with Crippen molar-refractivity contribution < 1.29 is 9.59 Å². The van der Waals surface area contributed by atoms with Gasteiger partial charge in [-0.25, -0.2) is 0 Å². The van der Waals surface area contributed by atoms with Gasteiger partial charge in [0.05, 0.1) is 17.2 Å². The number of carbonyl (C=O) groups excluding carboxylic acids is 2. The van der Waals surface area contributed by atoms with Gasteiger partial charge in [0, 0.05) is 40.9 Å². The highest BCUT2D eigenvalue weighted by atomic mass is 16.2. The quantitative estimate of drug-likeness (QED) is 0.341. The molecule has 7 heteroatoms. The molecule has 2 aliphatic rings. The summed E-state index contributed by atoms with van der Waals surface area (Å²) in [5, 5.41) is 18.0. The molecule has 0 bridgehead atoms. The lowest BCUT2D eigenvalue weighted by Gasteiger charge is -2.26. The lowest BCUT2D eigenvalue weighted by atomic mass is 9.94. The van der Waals surface area contributed by atoms with Crippen molar-refractivity contribution in [2.24, 2.45) is 0 Å². The molecule has 1 saturated heterocycles. The first-order valence-corrected chi connectivity index (χ1v) is 12.1. The van der Waals surface area contributed by atoms with Gasteiger partial charge in [-0.2, -0.15) is 5.26 Å². The number of piperidine rings is 1. The van der Waals surface area contributed by atoms with Gasteiger partial charge >= 0.3 is 0 Å². The first-order chi connectivity index (χ1) is 17.6. The van der Waals surface area contributed by atoms with Crippen molar-refractivity contribution >= 4 is 34.4 Å². The Labute approximate surface area is 210 Å². The first-order valence-electron chi connectivity index (χ1n) is 12.1. The van der Waals surface area contributed by atoms with E-state index in [1.54, 1.807) is 42.6 Å². The monoisotopic (exact) mass is 477 g/mol. The largest absolute Gasteiger partial charge is 0.361 e. The summed E-state index contributed by atoms with van der Waals surface area (Å²) in [6.45, 7) is 3.26. The van der Waals surface area contributed by atoms with Crippen LogP contribution in [0.1, 0.15) is 46.3 Å². The van der Waals surface area contributed by atoms with Crippen molar-refractivity contribution in [3.63, 3.8) is 0 Å². The predicted octanol–water partition coefficient (Wildman–Crippen LogP) is 5.01. The Kier molecular flexibility index (Phi) is 6.78. The number of nitrogens with zero attached hydrogens (tertiary/aromatic N) is 2. The molecular formula is C29H27N5O2. The van der Waals surface area contributed by atoms with Crippen molar-refractivity contribution in [3.05, 3.63) is 95.2 Å². The summed E-state index contributed by atoms with van der Waals surface area (Å²) >= 11 is 0. The van der Waals surface area contributed by atoms with Gasteiger partial charge in [-0.05, 0) is 80.0 Å². The Morgan fingerprint density at radius 1 is 0.861 bits per heavy atom. The van der Waals surface area contributed by atoms with E-state index in [-0.39, 0.29) is 0 Å². The van der Waals surface area contributed by atoms with Crippen molar-refractivity contribution in [2.75, 3.05) is 23.7 Å². The number of nitrogens with one attached hydrogen (secondary N) is 3. The van der Waals surface area contributed by atoms with Gasteiger partial charge < -0.3 is 10.6 Å². The van der Waals surface area contributed by atoms with E-state index in [9.17, 15) is 9.59 Å². The van der Waals surface area contributed by atoms with Gasteiger partial charge in [0.25, 0.3) is 11.8 Å². The molecule has 2 heterocycles. The van der Waals surface area contributed by atoms with Gasteiger partial charge in [0.15, 0.2) is 0 Å². The standard InChI is InChI=1S/C29H27N5O2/c30-17-21-5-4-6-23(15-21)32-24-11-12-25-26(16-24)27(29(36)33-28(25)35)18-31-22-9-7-20(8-10-22)19-34-13-2-1-3-14-34/h4-12,15-16,18,31-32H,1-3,13-14,19H2,(H,33,35,36)/b27-18-. The lowest BCUT2D eigenvalue weighted by molar-refractivity contribution is -0.114. The highest BCUT2D eigenvalue weighted by molar-refractivity contribution is 6.31. The maximum Gasteiger partial charge on any atom is 0.260 e. The number of likely N-dealkylation sites (tertiary alicyclic amines) is 1. The van der Waals surface area contributed by atoms with Crippen LogP contribution >= 0.6 is 0 Å². The zero-order chi connectivity index (χ0) is 24.9. The number of carbonyl (C=O) groups is 2. The normalized spacial score (nSPS) is 16.7. The Morgan fingerprint density at radius 3 is 2.39 bits per heavy atom. The third kappa shape index (κ3) is 5.29. The second-order valence-corrected chi connectivity index (χ2v) is 9.10. The van der Waals surface area contributed by atoms with Crippen LogP contribution in [0.15, 0.2) is 72.9 Å². The summed E-state index contributed by atoms with van der Waals surface area (Å²) in [6, 6.07) is 22.7. The van der Waals surface area contributed by atoms with Gasteiger partial charge in [0.2, 0.25) is 0 Å². The van der Waals surface area contributed by atoms with Gasteiger partial charge in [-0.3, -0.25) is 19.8 Å². The van der Waals surface area contributed by atoms with Gasteiger partial charge in [-0.1, -0.05) is 24.6 Å². The van der Waals surface area contributed by atoms with Crippen LogP contribution in [0.3, 0.4) is 0 Å². The third-order valence-corrected chi connectivity index (χ3v) is 6.50. The van der Waals surface area contributed by atoms with Crippen LogP contribution in [0.4, 0.5) is 17.1 Å². The van der Waals surface area contributed by atoms with Crippen LogP contribution in [0.25, 0.3) is 5.57 Å². The number of anilines is 3. The first kappa shape index (κ1) is 23.3. The van der Waals surface area contributed by atoms with Crippen molar-refractivity contribution in [1.82, 2.24) is 10.2 Å². The minimum absolute atomic E-state index is 0.372. The number of hydrogen-bond acceptors (Lipinski definition) is 6. The van der Waals surface area contributed by atoms with E-state index in [0.717, 1.165) is 31.0 Å². The van der Waals surface area contributed by atoms with Crippen molar-refractivity contribution in [1.29, 1.82) is 5.26 Å². The zero-order valence-electron chi connectivity index (χ0n) is 19.9. The van der Waals surface area contributed by atoms with E-state index < -0.39 is 11.8 Å². The summed E-state index contributed by atoms with van der Waals surface area (Å²) in [6.07, 6.45) is 5.49. The Morgan fingerprint density at radius 2 is 1.61 bits per heavy atom. The van der Waals surface area contributed by atoms with Crippen molar-refractivity contribution in [2.45, 2.75) is 25.8 Å². The fraction of sp³-hybridized carbons (Fsp3) is 0.207. The minimum Gasteiger partial charge on any atom is -0.361 e. The molecule has 2 amide bonds. The van der Waals surface area contributed by atoms with E-state index in [4.69, 9.17) is 5.26 Å². The molecule has 36 heavy (non-hydrogen) atoms. The number of imide groups is 1. The summed E-state index contributed by atoms with van der Waals surface area (Å²) in [5.41, 5.74) is 5.45. The predicted molar refractivity (Wildman–Crippen MR) is 141 cm³/mol. The van der Waals surface area contributed by atoms with E-state index in [1.165, 1.54) is 24.8 Å². The van der Waals surface area contributed by atoms with Crippen molar-refractivity contribution in [3.8, 4) is 6.07 Å². The molecule has 0 atom stereocenters. The van der Waals surface area contributed by atoms with Crippen LogP contribution in [-0.4, -0.2) is 29.8 Å². The second kappa shape index (κ2) is 10.5. The average Bonchev–Trinajstić information content (AvgIpc) is 2.90. The molecule has 0 radical (unpaired) electrons. The molecule has 7 nitrogen and oxygen atoms in total. The van der Waals surface area contributed by atoms with Crippen LogP contribution in [0.2, 0.25) is 0 Å². The van der Waals surface area contributed by atoms with Crippen LogP contribution < -0.4 is 16.0 Å². The Bertz CT molecular complexity index is 1370. The smallest absolute Gasteiger partial charge is 0.260 e. The zero-order valence-corrected chi connectivity index (χ0v) is 19.9. The molecule has 180 valence electrons. The highest BCUT2D eigenvalue weighted by Crippen LogP contribution is 2.29. The molecule has 5 rings (SSSR count). The van der Waals surface area contributed by atoms with E-state index >= 15 is 0 Å². The van der Waals surface area contributed by atoms with Crippen LogP contribution in [0, 0.1) is 11.3 Å². The number of benzene rings is 3. The second-order valence-electron chi connectivity index (χ2n) is 9.10. The molecular weight excluding hydrogens is 450 g/mol. The van der Waals surface area contributed by atoms with E-state index in [2.05, 4.69) is 39.1 Å². The number of rotatable bonds is 6. The van der Waals surface area contributed by atoms with Crippen LogP contribution in [0.5, 0.6) is 0 Å². The fourth-order valence-electron chi connectivity index (χ4n) is 4.62. The van der Waals surface area contributed by atoms with Gasteiger partial charge in [-0.15, -0.1) is 0 Å². The SMILES string of the molecule is N#Cc1cccc(Nc2ccc3c(c2)/C(=C/Nc2ccc(CN4CCCCC4)cc2)C(=O)NC3=O)c1. The molecule has 0 aliphatic carbocycles. The molecule has 1 fully saturated rings. The topological polar surface area (TPSA) is 97.3 Å². The number of hydrogen-bond donors (Lipinski definition) is 3. The van der Waals surface area contributed by atoms with Crippen LogP contribution in [-0.2, 0) is 11.3 Å². The number of fused-ring (bicyclic) bond motifs is 1. The van der Waals surface area contributed by atoms with E-state index in [0.29, 0.717) is 28.0 Å². The van der Waals surface area contributed by atoms with E-state index in [1.807, 2.05) is 18.2 Å².